The number of carbonyl (C=O) groups excluding carboxylic acids is 4. The minimum Gasteiger partial charge on any atom is -0.508 e. The number of aryl methyl sites for hydroxylation is 2. The Balaban J connectivity index is 3.24. The van der Waals surface area contributed by atoms with E-state index in [1.165, 1.54) is 0 Å². The summed E-state index contributed by atoms with van der Waals surface area (Å²) < 4.78 is 0. The van der Waals surface area contributed by atoms with E-state index in [2.05, 4.69) is 10.3 Å². The molecule has 44 heavy (non-hydrogen) atoms. The molecule has 1 rings (SSSR count). The fourth-order valence-corrected chi connectivity index (χ4v) is 5.23. The van der Waals surface area contributed by atoms with Crippen LogP contribution < -0.4 is 34.0 Å². The first kappa shape index (κ1) is 38.5. The minimum absolute atomic E-state index is 0.0427. The second-order valence-electron chi connectivity index (χ2n) is 12.3. The molecule has 0 spiro atoms. The van der Waals surface area contributed by atoms with Crippen molar-refractivity contribution >= 4 is 29.3 Å². The number of hydrogen-bond donors (Lipinski definition) is 7. The van der Waals surface area contributed by atoms with Crippen molar-refractivity contribution in [1.82, 2.24) is 5.32 Å². The number of nitrogens with one attached hydrogen (secondary N) is 1. The van der Waals surface area contributed by atoms with Gasteiger partial charge in [0.15, 0.2) is 11.7 Å². The van der Waals surface area contributed by atoms with E-state index in [9.17, 15) is 24.3 Å². The molecule has 0 bridgehead atoms. The number of rotatable bonds is 22. The number of nitrogens with two attached hydrogens (primary N) is 5. The second-order valence-corrected chi connectivity index (χ2v) is 12.3. The summed E-state index contributed by atoms with van der Waals surface area (Å²) in [6.45, 7) is 8.48. The summed E-state index contributed by atoms with van der Waals surface area (Å²) in [6.07, 6.45) is 3.66. The Hall–Kier alpha value is -3.51. The number of nitrogens with zero attached hydrogens (tertiary/aromatic N) is 1. The Morgan fingerprint density at radius 1 is 0.864 bits per heavy atom. The van der Waals surface area contributed by atoms with Crippen molar-refractivity contribution in [3.63, 3.8) is 0 Å². The molecule has 2 amide bonds. The smallest absolute Gasteiger partial charge is 0.224 e. The van der Waals surface area contributed by atoms with Crippen molar-refractivity contribution in [2.45, 2.75) is 104 Å². The van der Waals surface area contributed by atoms with Crippen LogP contribution in [-0.4, -0.2) is 59.6 Å². The zero-order valence-corrected chi connectivity index (χ0v) is 26.9. The van der Waals surface area contributed by atoms with Crippen molar-refractivity contribution in [3.05, 3.63) is 28.8 Å². The molecule has 1 aromatic carbocycles. The van der Waals surface area contributed by atoms with Gasteiger partial charge in [-0.25, -0.2) is 0 Å². The van der Waals surface area contributed by atoms with Gasteiger partial charge in [0.05, 0.1) is 12.1 Å². The normalized spacial score (nSPS) is 14.0. The summed E-state index contributed by atoms with van der Waals surface area (Å²) in [7, 11) is 0. The van der Waals surface area contributed by atoms with Gasteiger partial charge in [0.1, 0.15) is 11.5 Å². The van der Waals surface area contributed by atoms with Crippen LogP contribution >= 0.6 is 0 Å². The van der Waals surface area contributed by atoms with Crippen LogP contribution in [0.5, 0.6) is 5.75 Å². The molecule has 0 aliphatic carbocycles. The van der Waals surface area contributed by atoms with Crippen LogP contribution in [0.25, 0.3) is 0 Å². The molecule has 12 heteroatoms. The third kappa shape index (κ3) is 14.3. The molecule has 0 heterocycles. The van der Waals surface area contributed by atoms with Crippen molar-refractivity contribution in [1.29, 1.82) is 0 Å². The van der Waals surface area contributed by atoms with Crippen molar-refractivity contribution < 1.29 is 24.3 Å². The molecule has 0 fully saturated rings. The van der Waals surface area contributed by atoms with Crippen LogP contribution in [0, 0.1) is 31.6 Å². The lowest BCUT2D eigenvalue weighted by molar-refractivity contribution is -0.134. The standard InChI is InChI=1S/C32H55N7O5/c1-19(2)10-11-22(30(35)43)17-29(42)27(9-5-6-12-33)39-31(44)23(16-25-20(3)14-24(40)15-21(25)4)18-28(41)26(34)8-7-13-38-32(36)37/h14-15,19,22-23,26-27,40H,5-13,16-18,33-34H2,1-4H3,(H2,35,43)(H,39,44)(H4,36,37,38)/t22-,23-,26-,27+/m1/s1. The highest BCUT2D eigenvalue weighted by molar-refractivity contribution is 5.94. The quantitative estimate of drug-likeness (QED) is 0.0567. The summed E-state index contributed by atoms with van der Waals surface area (Å²) in [6, 6.07) is 1.53. The van der Waals surface area contributed by atoms with Crippen LogP contribution in [0.2, 0.25) is 0 Å². The first-order chi connectivity index (χ1) is 20.7. The first-order valence-corrected chi connectivity index (χ1v) is 15.6. The Kier molecular flexibility index (Phi) is 17.2. The average Bonchev–Trinajstić information content (AvgIpc) is 2.93. The first-order valence-electron chi connectivity index (χ1n) is 15.6. The van der Waals surface area contributed by atoms with Crippen LogP contribution in [-0.2, 0) is 25.6 Å². The van der Waals surface area contributed by atoms with Gasteiger partial charge in [-0.15, -0.1) is 0 Å². The van der Waals surface area contributed by atoms with E-state index < -0.39 is 35.7 Å². The Morgan fingerprint density at radius 2 is 1.48 bits per heavy atom. The fraction of sp³-hybridized carbons (Fsp3) is 0.656. The van der Waals surface area contributed by atoms with Crippen LogP contribution in [0.1, 0.15) is 88.3 Å². The summed E-state index contributed by atoms with van der Waals surface area (Å²) in [5.74, 6) is -2.62. The van der Waals surface area contributed by atoms with E-state index in [4.69, 9.17) is 28.7 Å². The SMILES string of the molecule is Cc1cc(O)cc(C)c1C[C@H](CC(=O)[C@H](N)CCCN=C(N)N)C(=O)N[C@@H](CCCCN)C(=O)C[C@@H](CCC(C)C)C(N)=O. The number of hydrogen-bond acceptors (Lipinski definition) is 8. The van der Waals surface area contributed by atoms with Crippen molar-refractivity contribution in [2.24, 2.45) is 51.4 Å². The monoisotopic (exact) mass is 617 g/mol. The summed E-state index contributed by atoms with van der Waals surface area (Å²) in [5.41, 5.74) is 30.6. The van der Waals surface area contributed by atoms with E-state index >= 15 is 0 Å². The number of amides is 2. The number of aromatic hydroxyl groups is 1. The minimum atomic E-state index is -0.858. The molecule has 0 unspecified atom stereocenters. The van der Waals surface area contributed by atoms with E-state index in [-0.39, 0.29) is 42.5 Å². The number of Topliss-reactive ketones (excluding diaryl/α,β-unsaturated/α-hetero) is 2. The second kappa shape index (κ2) is 19.7. The predicted octanol–water partition coefficient (Wildman–Crippen LogP) is 1.62. The number of phenolic OH excluding ortho intramolecular Hbond substituents is 1. The maximum Gasteiger partial charge on any atom is 0.224 e. The molecule has 0 saturated carbocycles. The number of phenols is 1. The Bertz CT molecular complexity index is 1110. The topological polar surface area (TPSA) is 243 Å². The van der Waals surface area contributed by atoms with E-state index in [1.54, 1.807) is 12.1 Å². The zero-order valence-electron chi connectivity index (χ0n) is 26.9. The van der Waals surface area contributed by atoms with Crippen molar-refractivity contribution in [3.8, 4) is 5.75 Å². The third-order valence-electron chi connectivity index (χ3n) is 7.93. The molecule has 4 atom stereocenters. The number of ketones is 2. The number of carbonyl (C=O) groups is 4. The number of benzene rings is 1. The van der Waals surface area contributed by atoms with Crippen LogP contribution in [0.3, 0.4) is 0 Å². The number of primary amides is 1. The van der Waals surface area contributed by atoms with Crippen LogP contribution in [0.15, 0.2) is 17.1 Å². The van der Waals surface area contributed by atoms with Crippen LogP contribution in [0.4, 0.5) is 0 Å². The van der Waals surface area contributed by atoms with Crippen molar-refractivity contribution in [2.75, 3.05) is 13.1 Å². The average molecular weight is 618 g/mol. The van der Waals surface area contributed by atoms with Gasteiger partial charge in [-0.2, -0.15) is 0 Å². The molecule has 1 aromatic rings. The molecule has 0 aliphatic rings. The van der Waals surface area contributed by atoms with Gasteiger partial charge < -0.3 is 39.1 Å². The van der Waals surface area contributed by atoms with Gasteiger partial charge in [0, 0.05) is 31.2 Å². The third-order valence-corrected chi connectivity index (χ3v) is 7.93. The highest BCUT2D eigenvalue weighted by atomic mass is 16.3. The molecular formula is C32H55N7O5. The molecule has 0 aromatic heterocycles. The number of aliphatic imine (C=N–C) groups is 1. The van der Waals surface area contributed by atoms with E-state index in [1.807, 2.05) is 27.7 Å². The van der Waals surface area contributed by atoms with Gasteiger partial charge in [0.2, 0.25) is 11.8 Å². The number of unbranched alkanes of at least 4 members (excludes halogenated alkanes) is 1. The van der Waals surface area contributed by atoms with Gasteiger partial charge in [-0.05, 0) is 100 Å². The Morgan fingerprint density at radius 3 is 2.02 bits per heavy atom. The predicted molar refractivity (Wildman–Crippen MR) is 174 cm³/mol. The zero-order chi connectivity index (χ0) is 33.4. The summed E-state index contributed by atoms with van der Waals surface area (Å²) in [4.78, 5) is 56.6. The summed E-state index contributed by atoms with van der Waals surface area (Å²) >= 11 is 0. The maximum atomic E-state index is 13.8. The number of guanidine groups is 1. The van der Waals surface area contributed by atoms with Gasteiger partial charge in [-0.3, -0.25) is 24.2 Å². The van der Waals surface area contributed by atoms with E-state index in [0.29, 0.717) is 57.5 Å². The highest BCUT2D eigenvalue weighted by Crippen LogP contribution is 2.26. The lowest BCUT2D eigenvalue weighted by Crippen LogP contribution is -2.46. The van der Waals surface area contributed by atoms with Gasteiger partial charge in [-0.1, -0.05) is 20.3 Å². The molecule has 248 valence electrons. The lowest BCUT2D eigenvalue weighted by atomic mass is 9.86. The largest absolute Gasteiger partial charge is 0.508 e. The fourth-order valence-electron chi connectivity index (χ4n) is 5.23. The summed E-state index contributed by atoms with van der Waals surface area (Å²) in [5, 5.41) is 12.9. The molecule has 0 radical (unpaired) electrons. The van der Waals surface area contributed by atoms with E-state index in [0.717, 1.165) is 23.1 Å². The maximum absolute atomic E-state index is 13.8. The van der Waals surface area contributed by atoms with Gasteiger partial charge >= 0.3 is 0 Å². The molecule has 0 saturated heterocycles. The molecule has 0 aliphatic heterocycles. The molecule has 12 N–H and O–H groups in total. The lowest BCUT2D eigenvalue weighted by Gasteiger charge is -2.25. The molecular weight excluding hydrogens is 562 g/mol. The van der Waals surface area contributed by atoms with Gasteiger partial charge in [0.25, 0.3) is 0 Å². The highest BCUT2D eigenvalue weighted by Gasteiger charge is 2.31. The Labute approximate surface area is 262 Å². The molecule has 12 nitrogen and oxygen atoms in total.